The van der Waals surface area contributed by atoms with Gasteiger partial charge < -0.3 is 5.32 Å². The topological polar surface area (TPSA) is 29.1 Å². The van der Waals surface area contributed by atoms with Crippen LogP contribution in [0, 0.1) is 5.82 Å². The van der Waals surface area contributed by atoms with Crippen molar-refractivity contribution in [3.63, 3.8) is 0 Å². The maximum absolute atomic E-state index is 13.2. The average molecular weight is 250 g/mol. The molecule has 4 heteroatoms. The van der Waals surface area contributed by atoms with Crippen LogP contribution >= 0.6 is 11.6 Å². The number of rotatable bonds is 2. The first-order valence-electron chi connectivity index (χ1n) is 4.98. The second kappa shape index (κ2) is 4.97. The van der Waals surface area contributed by atoms with Gasteiger partial charge in [-0.1, -0.05) is 29.8 Å². The van der Waals surface area contributed by atoms with Gasteiger partial charge in [-0.15, -0.1) is 0 Å². The Balaban J connectivity index is 2.18. The van der Waals surface area contributed by atoms with Crippen LogP contribution in [0.3, 0.4) is 0 Å². The van der Waals surface area contributed by atoms with Crippen LogP contribution in [0.1, 0.15) is 10.4 Å². The monoisotopic (exact) mass is 249 g/mol. The molecule has 0 aromatic heterocycles. The smallest absolute Gasteiger partial charge is 0.255 e. The molecule has 0 saturated heterocycles. The second-order valence-electron chi connectivity index (χ2n) is 3.45. The van der Waals surface area contributed by atoms with Gasteiger partial charge in [0.25, 0.3) is 5.91 Å². The summed E-state index contributed by atoms with van der Waals surface area (Å²) in [5, 5.41) is 2.66. The Morgan fingerprint density at radius 1 is 1.12 bits per heavy atom. The molecule has 2 aromatic carbocycles. The van der Waals surface area contributed by atoms with E-state index in [0.717, 1.165) is 6.07 Å². The molecule has 2 nitrogen and oxygen atoms in total. The predicted molar refractivity (Wildman–Crippen MR) is 65.8 cm³/mol. The van der Waals surface area contributed by atoms with Crippen molar-refractivity contribution in [2.45, 2.75) is 0 Å². The first kappa shape index (κ1) is 11.6. The number of hydrogen-bond donors (Lipinski definition) is 1. The molecule has 0 aliphatic carbocycles. The molecular formula is C13H9ClFNO. The van der Waals surface area contributed by atoms with E-state index in [1.54, 1.807) is 24.3 Å². The Morgan fingerprint density at radius 2 is 1.82 bits per heavy atom. The molecule has 1 amide bonds. The van der Waals surface area contributed by atoms with Crippen LogP contribution in [0.5, 0.6) is 0 Å². The zero-order chi connectivity index (χ0) is 12.3. The molecule has 0 aliphatic heterocycles. The van der Waals surface area contributed by atoms with Crippen LogP contribution in [-0.2, 0) is 0 Å². The molecule has 0 aliphatic rings. The molecule has 0 heterocycles. The Labute approximate surface area is 103 Å². The molecule has 0 fully saturated rings. The van der Waals surface area contributed by atoms with Gasteiger partial charge in [0.05, 0.1) is 5.02 Å². The first-order chi connectivity index (χ1) is 8.16. The molecule has 0 bridgehead atoms. The van der Waals surface area contributed by atoms with E-state index < -0.39 is 5.82 Å². The van der Waals surface area contributed by atoms with Gasteiger partial charge in [0.15, 0.2) is 0 Å². The van der Waals surface area contributed by atoms with Gasteiger partial charge in [-0.05, 0) is 30.3 Å². The van der Waals surface area contributed by atoms with E-state index in [4.69, 9.17) is 11.6 Å². The Bertz CT molecular complexity index is 542. The van der Waals surface area contributed by atoms with Crippen molar-refractivity contribution in [3.8, 4) is 0 Å². The van der Waals surface area contributed by atoms with Gasteiger partial charge in [0.1, 0.15) is 5.82 Å². The summed E-state index contributed by atoms with van der Waals surface area (Å²) < 4.78 is 13.2. The highest BCUT2D eigenvalue weighted by molar-refractivity contribution is 6.30. The fourth-order valence-corrected chi connectivity index (χ4v) is 1.48. The lowest BCUT2D eigenvalue weighted by Gasteiger charge is -2.05. The van der Waals surface area contributed by atoms with Gasteiger partial charge in [0, 0.05) is 11.3 Å². The van der Waals surface area contributed by atoms with E-state index >= 15 is 0 Å². The number of nitrogens with one attached hydrogen (secondary N) is 1. The van der Waals surface area contributed by atoms with Gasteiger partial charge >= 0.3 is 0 Å². The first-order valence-corrected chi connectivity index (χ1v) is 5.36. The summed E-state index contributed by atoms with van der Waals surface area (Å²) in [5.41, 5.74) is 0.892. The van der Waals surface area contributed by atoms with Crippen LogP contribution in [0.2, 0.25) is 5.02 Å². The standard InChI is InChI=1S/C13H9ClFNO/c14-11-7-6-9(8-12(11)15)13(17)16-10-4-2-1-3-5-10/h1-8H,(H,16,17). The zero-order valence-electron chi connectivity index (χ0n) is 8.78. The van der Waals surface area contributed by atoms with Crippen LogP contribution < -0.4 is 5.32 Å². The molecule has 0 atom stereocenters. The molecule has 0 unspecified atom stereocenters. The third-order valence-corrected chi connectivity index (χ3v) is 2.52. The number of amides is 1. The lowest BCUT2D eigenvalue weighted by atomic mass is 10.2. The van der Waals surface area contributed by atoms with Crippen LogP contribution in [0.4, 0.5) is 10.1 Å². The minimum absolute atomic E-state index is 0.00117. The van der Waals surface area contributed by atoms with Gasteiger partial charge in [0.2, 0.25) is 0 Å². The number of anilines is 1. The van der Waals surface area contributed by atoms with Crippen molar-refractivity contribution < 1.29 is 9.18 Å². The fraction of sp³-hybridized carbons (Fsp3) is 0. The molecule has 86 valence electrons. The van der Waals surface area contributed by atoms with Crippen LogP contribution in [0.15, 0.2) is 48.5 Å². The Kier molecular flexibility index (Phi) is 3.40. The number of hydrogen-bond acceptors (Lipinski definition) is 1. The molecule has 2 aromatic rings. The third-order valence-electron chi connectivity index (χ3n) is 2.21. The summed E-state index contributed by atoms with van der Waals surface area (Å²) in [6, 6.07) is 12.9. The van der Waals surface area contributed by atoms with Gasteiger partial charge in [-0.3, -0.25) is 4.79 Å². The SMILES string of the molecule is O=C(Nc1ccccc1)c1ccc(Cl)c(F)c1. The van der Waals surface area contributed by atoms with Crippen LogP contribution in [0.25, 0.3) is 0 Å². The van der Waals surface area contributed by atoms with Gasteiger partial charge in [-0.2, -0.15) is 0 Å². The number of carbonyl (C=O) groups is 1. The molecule has 17 heavy (non-hydrogen) atoms. The van der Waals surface area contributed by atoms with Crippen molar-refractivity contribution >= 4 is 23.2 Å². The fourth-order valence-electron chi connectivity index (χ4n) is 1.36. The van der Waals surface area contributed by atoms with Gasteiger partial charge in [-0.25, -0.2) is 4.39 Å². The molecule has 2 rings (SSSR count). The molecule has 0 saturated carbocycles. The van der Waals surface area contributed by atoms with Crippen molar-refractivity contribution in [1.29, 1.82) is 0 Å². The molecule has 1 N–H and O–H groups in total. The van der Waals surface area contributed by atoms with E-state index in [2.05, 4.69) is 5.32 Å². The van der Waals surface area contributed by atoms with Crippen molar-refractivity contribution in [2.75, 3.05) is 5.32 Å². The summed E-state index contributed by atoms with van der Waals surface area (Å²) in [7, 11) is 0. The number of carbonyl (C=O) groups excluding carboxylic acids is 1. The van der Waals surface area contributed by atoms with Crippen molar-refractivity contribution in [2.24, 2.45) is 0 Å². The number of halogens is 2. The van der Waals surface area contributed by atoms with E-state index in [1.807, 2.05) is 6.07 Å². The van der Waals surface area contributed by atoms with Crippen molar-refractivity contribution in [1.82, 2.24) is 0 Å². The molecular weight excluding hydrogens is 241 g/mol. The largest absolute Gasteiger partial charge is 0.322 e. The predicted octanol–water partition coefficient (Wildman–Crippen LogP) is 3.73. The summed E-state index contributed by atoms with van der Waals surface area (Å²) in [4.78, 5) is 11.8. The summed E-state index contributed by atoms with van der Waals surface area (Å²) in [6.45, 7) is 0. The lowest BCUT2D eigenvalue weighted by Crippen LogP contribution is -2.11. The third kappa shape index (κ3) is 2.82. The highest BCUT2D eigenvalue weighted by Gasteiger charge is 2.08. The highest BCUT2D eigenvalue weighted by atomic mass is 35.5. The van der Waals surface area contributed by atoms with Crippen LogP contribution in [-0.4, -0.2) is 5.91 Å². The maximum Gasteiger partial charge on any atom is 0.255 e. The lowest BCUT2D eigenvalue weighted by molar-refractivity contribution is 0.102. The van der Waals surface area contributed by atoms with E-state index in [1.165, 1.54) is 12.1 Å². The number of para-hydroxylation sites is 1. The Morgan fingerprint density at radius 3 is 2.47 bits per heavy atom. The zero-order valence-corrected chi connectivity index (χ0v) is 9.54. The summed E-state index contributed by atoms with van der Waals surface area (Å²) in [6.07, 6.45) is 0. The minimum atomic E-state index is -0.604. The van der Waals surface area contributed by atoms with E-state index in [-0.39, 0.29) is 16.5 Å². The average Bonchev–Trinajstić information content (AvgIpc) is 2.34. The normalized spacial score (nSPS) is 10.0. The second-order valence-corrected chi connectivity index (χ2v) is 3.86. The summed E-state index contributed by atoms with van der Waals surface area (Å²) >= 11 is 5.54. The minimum Gasteiger partial charge on any atom is -0.322 e. The number of benzene rings is 2. The Hall–Kier alpha value is -1.87. The maximum atomic E-state index is 13.2. The van der Waals surface area contributed by atoms with E-state index in [9.17, 15) is 9.18 Å². The van der Waals surface area contributed by atoms with Crippen molar-refractivity contribution in [3.05, 3.63) is 64.9 Å². The summed E-state index contributed by atoms with van der Waals surface area (Å²) in [5.74, 6) is -0.973. The quantitative estimate of drug-likeness (QED) is 0.863. The molecule has 0 radical (unpaired) electrons. The van der Waals surface area contributed by atoms with E-state index in [0.29, 0.717) is 5.69 Å². The highest BCUT2D eigenvalue weighted by Crippen LogP contribution is 2.16. The molecule has 0 spiro atoms.